The summed E-state index contributed by atoms with van der Waals surface area (Å²) in [6.45, 7) is 2.17. The van der Waals surface area contributed by atoms with Crippen LogP contribution in [0.2, 0.25) is 0 Å². The summed E-state index contributed by atoms with van der Waals surface area (Å²) in [6.07, 6.45) is 0. The monoisotopic (exact) mass is 378 g/mol. The second-order valence-corrected chi connectivity index (χ2v) is 6.82. The first kappa shape index (κ1) is 18.4. The highest BCUT2D eigenvalue weighted by Gasteiger charge is 2.15. The topological polar surface area (TPSA) is 63.0 Å². The molecule has 29 heavy (non-hydrogen) atoms. The average Bonchev–Trinajstić information content (AvgIpc) is 2.77. The Morgan fingerprint density at radius 2 is 1.72 bits per heavy atom. The van der Waals surface area contributed by atoms with Gasteiger partial charge in [0.15, 0.2) is 0 Å². The van der Waals surface area contributed by atoms with Gasteiger partial charge in [-0.3, -0.25) is 0 Å². The highest BCUT2D eigenvalue weighted by Crippen LogP contribution is 2.26. The number of aryl methyl sites for hydroxylation is 1. The molecule has 0 saturated carbocycles. The van der Waals surface area contributed by atoms with Crippen LogP contribution >= 0.6 is 0 Å². The van der Waals surface area contributed by atoms with Crippen molar-refractivity contribution >= 4 is 16.9 Å². The molecule has 4 heteroatoms. The molecular weight excluding hydrogens is 360 g/mol. The largest absolute Gasteiger partial charge is 0.457 e. The van der Waals surface area contributed by atoms with Gasteiger partial charge in [-0.15, -0.1) is 0 Å². The summed E-state index contributed by atoms with van der Waals surface area (Å²) in [5.41, 5.74) is 5.47. The lowest BCUT2D eigenvalue weighted by molar-refractivity contribution is 0.0475. The third-order valence-electron chi connectivity index (χ3n) is 4.74. The number of nitriles is 1. The molecule has 0 amide bonds. The quantitative estimate of drug-likeness (QED) is 0.444. The molecule has 0 saturated heterocycles. The molecule has 0 fully saturated rings. The lowest BCUT2D eigenvalue weighted by Crippen LogP contribution is -2.07. The second kappa shape index (κ2) is 7.95. The molecule has 1 aromatic heterocycles. The number of nitrogens with zero attached hydrogens (tertiary/aromatic N) is 2. The number of aromatic nitrogens is 1. The maximum Gasteiger partial charge on any atom is 0.339 e. The van der Waals surface area contributed by atoms with Crippen LogP contribution in [0, 0.1) is 18.3 Å². The van der Waals surface area contributed by atoms with Crippen molar-refractivity contribution < 1.29 is 9.53 Å². The first-order chi connectivity index (χ1) is 14.1. The summed E-state index contributed by atoms with van der Waals surface area (Å²) in [5.74, 6) is -0.402. The number of carbonyl (C=O) groups excluding carboxylic acids is 1. The van der Waals surface area contributed by atoms with Gasteiger partial charge in [-0.05, 0) is 36.8 Å². The van der Waals surface area contributed by atoms with E-state index in [-0.39, 0.29) is 6.61 Å². The summed E-state index contributed by atoms with van der Waals surface area (Å²) in [7, 11) is 0. The molecule has 0 unspecified atom stereocenters. The molecule has 4 nitrogen and oxygen atoms in total. The summed E-state index contributed by atoms with van der Waals surface area (Å²) < 4.78 is 5.56. The van der Waals surface area contributed by atoms with Crippen LogP contribution in [0.3, 0.4) is 0 Å². The van der Waals surface area contributed by atoms with Gasteiger partial charge in [-0.2, -0.15) is 5.26 Å². The Morgan fingerprint density at radius 1 is 1.00 bits per heavy atom. The van der Waals surface area contributed by atoms with Crippen molar-refractivity contribution in [2.45, 2.75) is 13.5 Å². The number of ether oxygens (including phenoxy) is 1. The minimum atomic E-state index is -0.402. The Bertz CT molecular complexity index is 1220. The highest BCUT2D eigenvalue weighted by molar-refractivity contribution is 6.04. The molecular formula is C25H18N2O2. The van der Waals surface area contributed by atoms with Crippen molar-refractivity contribution in [1.82, 2.24) is 4.98 Å². The van der Waals surface area contributed by atoms with Gasteiger partial charge in [-0.25, -0.2) is 9.78 Å². The number of para-hydroxylation sites is 1. The van der Waals surface area contributed by atoms with Gasteiger partial charge in [0.2, 0.25) is 0 Å². The van der Waals surface area contributed by atoms with Gasteiger partial charge in [0.1, 0.15) is 6.61 Å². The fourth-order valence-electron chi connectivity index (χ4n) is 3.12. The van der Waals surface area contributed by atoms with E-state index in [9.17, 15) is 4.79 Å². The molecule has 0 aliphatic carbocycles. The molecule has 0 radical (unpaired) electrons. The zero-order valence-electron chi connectivity index (χ0n) is 15.9. The van der Waals surface area contributed by atoms with Crippen molar-refractivity contribution in [3.8, 4) is 17.3 Å². The van der Waals surface area contributed by atoms with E-state index < -0.39 is 5.97 Å². The summed E-state index contributed by atoms with van der Waals surface area (Å²) >= 11 is 0. The van der Waals surface area contributed by atoms with Crippen LogP contribution in [0.5, 0.6) is 0 Å². The number of pyridine rings is 1. The Morgan fingerprint density at radius 3 is 2.45 bits per heavy atom. The van der Waals surface area contributed by atoms with Crippen LogP contribution in [0.4, 0.5) is 0 Å². The number of hydrogen-bond acceptors (Lipinski definition) is 4. The molecule has 0 spiro atoms. The first-order valence-electron chi connectivity index (χ1n) is 9.27. The maximum atomic E-state index is 12.9. The highest BCUT2D eigenvalue weighted by atomic mass is 16.5. The molecule has 0 aliphatic rings. The van der Waals surface area contributed by atoms with Crippen molar-refractivity contribution in [3.63, 3.8) is 0 Å². The summed E-state index contributed by atoms with van der Waals surface area (Å²) in [4.78, 5) is 17.6. The summed E-state index contributed by atoms with van der Waals surface area (Å²) in [6, 6.07) is 26.4. The number of rotatable bonds is 4. The molecule has 4 rings (SSSR count). The third-order valence-corrected chi connectivity index (χ3v) is 4.74. The predicted octanol–water partition coefficient (Wildman–Crippen LogP) is 5.44. The lowest BCUT2D eigenvalue weighted by Gasteiger charge is -2.10. The number of benzene rings is 3. The molecule has 0 atom stereocenters. The third kappa shape index (κ3) is 3.99. The Hall–Kier alpha value is -3.97. The zero-order chi connectivity index (χ0) is 20.2. The zero-order valence-corrected chi connectivity index (χ0v) is 15.9. The molecule has 0 N–H and O–H groups in total. The van der Waals surface area contributed by atoms with E-state index in [1.54, 1.807) is 30.3 Å². The van der Waals surface area contributed by atoms with Crippen LogP contribution in [-0.4, -0.2) is 11.0 Å². The number of fused-ring (bicyclic) bond motifs is 1. The number of carbonyl (C=O) groups is 1. The lowest BCUT2D eigenvalue weighted by atomic mass is 10.0. The van der Waals surface area contributed by atoms with Gasteiger partial charge in [0, 0.05) is 10.9 Å². The standard InChI is InChI=1S/C25H18N2O2/c1-17-6-12-20(13-7-17)24-14-22(21-4-2-3-5-23(21)27-24)25(28)29-16-19-10-8-18(15-26)9-11-19/h2-14H,16H2,1H3. The van der Waals surface area contributed by atoms with E-state index in [1.807, 2.05) is 55.5 Å². The second-order valence-electron chi connectivity index (χ2n) is 6.82. The van der Waals surface area contributed by atoms with Crippen molar-refractivity contribution in [2.24, 2.45) is 0 Å². The fourth-order valence-corrected chi connectivity index (χ4v) is 3.12. The predicted molar refractivity (Wildman–Crippen MR) is 112 cm³/mol. The van der Waals surface area contributed by atoms with Crippen LogP contribution < -0.4 is 0 Å². The van der Waals surface area contributed by atoms with Crippen molar-refractivity contribution in [1.29, 1.82) is 5.26 Å². The molecule has 1 heterocycles. The minimum absolute atomic E-state index is 0.140. The van der Waals surface area contributed by atoms with Crippen molar-refractivity contribution in [2.75, 3.05) is 0 Å². The number of esters is 1. The van der Waals surface area contributed by atoms with E-state index >= 15 is 0 Å². The Labute approximate surface area is 169 Å². The molecule has 140 valence electrons. The molecule has 4 aromatic rings. The van der Waals surface area contributed by atoms with Gasteiger partial charge in [0.05, 0.1) is 28.4 Å². The van der Waals surface area contributed by atoms with Gasteiger partial charge < -0.3 is 4.74 Å². The Balaban J connectivity index is 1.66. The van der Waals surface area contributed by atoms with E-state index in [0.29, 0.717) is 11.1 Å². The van der Waals surface area contributed by atoms with Gasteiger partial charge in [0.25, 0.3) is 0 Å². The van der Waals surface area contributed by atoms with Gasteiger partial charge in [-0.1, -0.05) is 60.2 Å². The minimum Gasteiger partial charge on any atom is -0.457 e. The van der Waals surface area contributed by atoms with Crippen molar-refractivity contribution in [3.05, 3.63) is 101 Å². The van der Waals surface area contributed by atoms with E-state index in [1.165, 1.54) is 0 Å². The maximum absolute atomic E-state index is 12.9. The molecule has 0 aliphatic heterocycles. The van der Waals surface area contributed by atoms with Gasteiger partial charge >= 0.3 is 5.97 Å². The van der Waals surface area contributed by atoms with Crippen LogP contribution in [0.1, 0.15) is 27.0 Å². The molecule has 3 aromatic carbocycles. The Kier molecular flexibility index (Phi) is 5.05. The SMILES string of the molecule is Cc1ccc(-c2cc(C(=O)OCc3ccc(C#N)cc3)c3ccccc3n2)cc1. The van der Waals surface area contributed by atoms with Crippen LogP contribution in [-0.2, 0) is 11.3 Å². The molecule has 0 bridgehead atoms. The van der Waals surface area contributed by atoms with E-state index in [2.05, 4.69) is 6.07 Å². The average molecular weight is 378 g/mol. The smallest absolute Gasteiger partial charge is 0.339 e. The summed E-state index contributed by atoms with van der Waals surface area (Å²) in [5, 5.41) is 9.65. The van der Waals surface area contributed by atoms with Crippen LogP contribution in [0.15, 0.2) is 78.9 Å². The number of hydrogen-bond donors (Lipinski definition) is 0. The van der Waals surface area contributed by atoms with E-state index in [4.69, 9.17) is 15.0 Å². The fraction of sp³-hybridized carbons (Fsp3) is 0.0800. The normalized spacial score (nSPS) is 10.5. The van der Waals surface area contributed by atoms with Crippen LogP contribution in [0.25, 0.3) is 22.2 Å². The van der Waals surface area contributed by atoms with E-state index in [0.717, 1.165) is 33.3 Å². The first-order valence-corrected chi connectivity index (χ1v) is 9.27.